The quantitative estimate of drug-likeness (QED) is 0.689. The van der Waals surface area contributed by atoms with E-state index in [1.807, 2.05) is 20.8 Å². The largest absolute Gasteiger partial charge is 0.387 e. The number of methoxy groups -OCH3 is 2. The van der Waals surface area contributed by atoms with Crippen molar-refractivity contribution in [3.8, 4) is 0 Å². The molecule has 0 rings (SSSR count). The Morgan fingerprint density at radius 3 is 2.23 bits per heavy atom. The van der Waals surface area contributed by atoms with Gasteiger partial charge in [0.2, 0.25) is 0 Å². The molecule has 0 aliphatic carbocycles. The predicted molar refractivity (Wildman–Crippen MR) is 52.8 cm³/mol. The summed E-state index contributed by atoms with van der Waals surface area (Å²) in [4.78, 5) is 0. The molecule has 0 heterocycles. The Hall–Kier alpha value is -0.120. The molecule has 0 spiro atoms. The van der Waals surface area contributed by atoms with Gasteiger partial charge in [0.15, 0.2) is 0 Å². The van der Waals surface area contributed by atoms with E-state index in [1.165, 1.54) is 0 Å². The molecule has 3 nitrogen and oxygen atoms in total. The lowest BCUT2D eigenvalue weighted by Gasteiger charge is -2.35. The Kier molecular flexibility index (Phi) is 5.53. The van der Waals surface area contributed by atoms with Crippen molar-refractivity contribution in [3.05, 3.63) is 0 Å². The van der Waals surface area contributed by atoms with Crippen LogP contribution in [0.25, 0.3) is 0 Å². The van der Waals surface area contributed by atoms with Crippen molar-refractivity contribution < 1.29 is 14.6 Å². The number of rotatable bonds is 6. The molecule has 13 heavy (non-hydrogen) atoms. The van der Waals surface area contributed by atoms with Crippen LogP contribution < -0.4 is 0 Å². The molecule has 3 unspecified atom stereocenters. The summed E-state index contributed by atoms with van der Waals surface area (Å²) >= 11 is 0. The summed E-state index contributed by atoms with van der Waals surface area (Å²) in [7, 11) is 3.28. The highest BCUT2D eigenvalue weighted by atomic mass is 16.5. The summed E-state index contributed by atoms with van der Waals surface area (Å²) in [6, 6.07) is 0. The first-order valence-electron chi connectivity index (χ1n) is 4.70. The lowest BCUT2D eigenvalue weighted by Crippen LogP contribution is -2.44. The number of hydrogen-bond acceptors (Lipinski definition) is 3. The highest BCUT2D eigenvalue weighted by Gasteiger charge is 2.34. The zero-order valence-electron chi connectivity index (χ0n) is 9.33. The van der Waals surface area contributed by atoms with E-state index in [0.29, 0.717) is 6.61 Å². The smallest absolute Gasteiger partial charge is 0.0903 e. The van der Waals surface area contributed by atoms with Gasteiger partial charge in [-0.25, -0.2) is 0 Å². The second-order valence-electron chi connectivity index (χ2n) is 3.79. The van der Waals surface area contributed by atoms with Gasteiger partial charge in [-0.2, -0.15) is 0 Å². The fourth-order valence-electron chi connectivity index (χ4n) is 1.23. The first-order valence-corrected chi connectivity index (χ1v) is 4.70. The number of ether oxygens (including phenoxy) is 2. The molecular weight excluding hydrogens is 168 g/mol. The topological polar surface area (TPSA) is 38.7 Å². The Morgan fingerprint density at radius 1 is 1.31 bits per heavy atom. The first kappa shape index (κ1) is 12.9. The van der Waals surface area contributed by atoms with E-state index in [9.17, 15) is 5.11 Å². The molecule has 80 valence electrons. The molecule has 0 saturated heterocycles. The van der Waals surface area contributed by atoms with Gasteiger partial charge in [-0.1, -0.05) is 6.92 Å². The maximum Gasteiger partial charge on any atom is 0.0903 e. The molecule has 0 fully saturated rings. The van der Waals surface area contributed by atoms with E-state index in [0.717, 1.165) is 6.42 Å². The van der Waals surface area contributed by atoms with Gasteiger partial charge in [-0.15, -0.1) is 0 Å². The number of hydrogen-bond donors (Lipinski definition) is 1. The van der Waals surface area contributed by atoms with Crippen molar-refractivity contribution in [2.45, 2.75) is 38.9 Å². The van der Waals surface area contributed by atoms with Gasteiger partial charge in [-0.3, -0.25) is 0 Å². The molecule has 0 saturated carbocycles. The van der Waals surface area contributed by atoms with Crippen LogP contribution in [0.2, 0.25) is 0 Å². The Bertz CT molecular complexity index is 134. The Balaban J connectivity index is 4.09. The van der Waals surface area contributed by atoms with Crippen LogP contribution >= 0.6 is 0 Å². The zero-order chi connectivity index (χ0) is 10.5. The average Bonchev–Trinajstić information content (AvgIpc) is 2.12. The minimum Gasteiger partial charge on any atom is -0.387 e. The van der Waals surface area contributed by atoms with Crippen LogP contribution in [0.1, 0.15) is 27.2 Å². The molecule has 1 N–H and O–H groups in total. The van der Waals surface area contributed by atoms with E-state index < -0.39 is 5.60 Å². The van der Waals surface area contributed by atoms with Gasteiger partial charge in [0.25, 0.3) is 0 Å². The third-order valence-corrected chi connectivity index (χ3v) is 2.93. The summed E-state index contributed by atoms with van der Waals surface area (Å²) in [5.74, 6) is 0.169. The second-order valence-corrected chi connectivity index (χ2v) is 3.79. The highest BCUT2D eigenvalue weighted by molar-refractivity contribution is 4.85. The fraction of sp³-hybridized carbons (Fsp3) is 1.00. The monoisotopic (exact) mass is 190 g/mol. The normalized spacial score (nSPS) is 20.8. The second kappa shape index (κ2) is 5.58. The summed E-state index contributed by atoms with van der Waals surface area (Å²) in [6.45, 7) is 6.37. The van der Waals surface area contributed by atoms with E-state index in [-0.39, 0.29) is 12.0 Å². The van der Waals surface area contributed by atoms with Crippen molar-refractivity contribution in [1.29, 1.82) is 0 Å². The van der Waals surface area contributed by atoms with Gasteiger partial charge < -0.3 is 14.6 Å². The lowest BCUT2D eigenvalue weighted by atomic mass is 9.84. The van der Waals surface area contributed by atoms with Crippen LogP contribution in [0.4, 0.5) is 0 Å². The summed E-state index contributed by atoms with van der Waals surface area (Å²) in [6.07, 6.45) is 0.691. The van der Waals surface area contributed by atoms with Crippen LogP contribution in [0.3, 0.4) is 0 Å². The standard InChI is InChI=1S/C10H22O3/c1-8(6-7-12-4)10(3,11)9(2)13-5/h8-9,11H,6-7H2,1-5H3. The molecule has 0 aromatic carbocycles. The van der Waals surface area contributed by atoms with Crippen molar-refractivity contribution in [2.75, 3.05) is 20.8 Å². The van der Waals surface area contributed by atoms with Gasteiger partial charge in [0.1, 0.15) is 0 Å². The third kappa shape index (κ3) is 3.63. The van der Waals surface area contributed by atoms with Crippen molar-refractivity contribution in [3.63, 3.8) is 0 Å². The zero-order valence-corrected chi connectivity index (χ0v) is 9.33. The van der Waals surface area contributed by atoms with Crippen molar-refractivity contribution >= 4 is 0 Å². The predicted octanol–water partition coefficient (Wildman–Crippen LogP) is 1.44. The fourth-order valence-corrected chi connectivity index (χ4v) is 1.23. The summed E-state index contributed by atoms with van der Waals surface area (Å²) in [5, 5.41) is 10.1. The van der Waals surface area contributed by atoms with E-state index in [1.54, 1.807) is 14.2 Å². The SMILES string of the molecule is COCCC(C)C(C)(O)C(C)OC. The average molecular weight is 190 g/mol. The summed E-state index contributed by atoms with van der Waals surface area (Å²) in [5.41, 5.74) is -0.784. The van der Waals surface area contributed by atoms with Crippen LogP contribution in [-0.4, -0.2) is 37.6 Å². The van der Waals surface area contributed by atoms with Gasteiger partial charge in [-0.05, 0) is 26.2 Å². The van der Waals surface area contributed by atoms with E-state index in [4.69, 9.17) is 9.47 Å². The Labute approximate surface area is 81.0 Å². The molecule has 0 aromatic heterocycles. The van der Waals surface area contributed by atoms with Crippen LogP contribution in [0, 0.1) is 5.92 Å². The van der Waals surface area contributed by atoms with Crippen LogP contribution in [0.5, 0.6) is 0 Å². The molecular formula is C10H22O3. The molecule has 0 aliphatic heterocycles. The summed E-state index contributed by atoms with van der Waals surface area (Å²) < 4.78 is 10.1. The molecule has 0 amide bonds. The Morgan fingerprint density at radius 2 is 1.85 bits per heavy atom. The van der Waals surface area contributed by atoms with Crippen LogP contribution in [0.15, 0.2) is 0 Å². The van der Waals surface area contributed by atoms with E-state index in [2.05, 4.69) is 0 Å². The minimum absolute atomic E-state index is 0.153. The number of aliphatic hydroxyl groups is 1. The lowest BCUT2D eigenvalue weighted by molar-refractivity contribution is -0.108. The van der Waals surface area contributed by atoms with Gasteiger partial charge >= 0.3 is 0 Å². The molecule has 0 aliphatic rings. The van der Waals surface area contributed by atoms with Gasteiger partial charge in [0.05, 0.1) is 11.7 Å². The van der Waals surface area contributed by atoms with Gasteiger partial charge in [0, 0.05) is 20.8 Å². The highest BCUT2D eigenvalue weighted by Crippen LogP contribution is 2.25. The minimum atomic E-state index is -0.784. The van der Waals surface area contributed by atoms with E-state index >= 15 is 0 Å². The molecule has 0 aromatic rings. The maximum atomic E-state index is 10.1. The molecule has 0 radical (unpaired) electrons. The molecule has 3 atom stereocenters. The van der Waals surface area contributed by atoms with Crippen molar-refractivity contribution in [2.24, 2.45) is 5.92 Å². The van der Waals surface area contributed by atoms with Crippen molar-refractivity contribution in [1.82, 2.24) is 0 Å². The third-order valence-electron chi connectivity index (χ3n) is 2.93. The molecule has 0 bridgehead atoms. The first-order chi connectivity index (χ1) is 5.96. The molecule has 3 heteroatoms. The maximum absolute atomic E-state index is 10.1. The van der Waals surface area contributed by atoms with Crippen LogP contribution in [-0.2, 0) is 9.47 Å².